The summed E-state index contributed by atoms with van der Waals surface area (Å²) in [5.41, 5.74) is 2.53. The fourth-order valence-corrected chi connectivity index (χ4v) is 2.65. The molecular formula is C22H31IN4O3. The molecule has 0 bridgehead atoms. The first-order chi connectivity index (χ1) is 14.0. The molecule has 2 aromatic rings. The van der Waals surface area contributed by atoms with Crippen molar-refractivity contribution < 1.29 is 14.3 Å². The first-order valence-electron chi connectivity index (χ1n) is 9.65. The molecule has 0 heterocycles. The number of halogens is 1. The Morgan fingerprint density at radius 1 is 1.07 bits per heavy atom. The molecule has 1 amide bonds. The number of methoxy groups -OCH3 is 1. The molecule has 2 aromatic carbocycles. The average Bonchev–Trinajstić information content (AvgIpc) is 2.72. The van der Waals surface area contributed by atoms with E-state index in [0.29, 0.717) is 36.2 Å². The minimum Gasteiger partial charge on any atom is -0.493 e. The maximum Gasteiger partial charge on any atom is 0.253 e. The van der Waals surface area contributed by atoms with E-state index in [9.17, 15) is 4.79 Å². The van der Waals surface area contributed by atoms with Gasteiger partial charge in [-0.3, -0.25) is 4.79 Å². The van der Waals surface area contributed by atoms with Crippen LogP contribution in [0, 0.1) is 0 Å². The highest BCUT2D eigenvalue weighted by Crippen LogP contribution is 2.30. The van der Waals surface area contributed by atoms with Gasteiger partial charge in [0.25, 0.3) is 5.91 Å². The summed E-state index contributed by atoms with van der Waals surface area (Å²) in [6.45, 7) is 5.72. The molecule has 0 spiro atoms. The zero-order chi connectivity index (χ0) is 21.2. The normalized spacial score (nSPS) is 10.6. The van der Waals surface area contributed by atoms with Crippen LogP contribution in [0.1, 0.15) is 29.8 Å². The SMILES string of the molecule is CCNC(=NCc1ccc(C(=O)N(C)C)cc1)Nc1ccc(OC)c(OCC)c1.I. The molecule has 7 nitrogen and oxygen atoms in total. The minimum atomic E-state index is -0.0142. The predicted octanol–water partition coefficient (Wildman–Crippen LogP) is 3.99. The molecule has 2 rings (SSSR count). The van der Waals surface area contributed by atoms with Crippen LogP contribution in [0.25, 0.3) is 0 Å². The monoisotopic (exact) mass is 526 g/mol. The third-order valence-electron chi connectivity index (χ3n) is 4.10. The van der Waals surface area contributed by atoms with E-state index in [1.165, 1.54) is 0 Å². The van der Waals surface area contributed by atoms with Gasteiger partial charge in [-0.1, -0.05) is 12.1 Å². The Labute approximate surface area is 195 Å². The molecule has 0 aliphatic heterocycles. The Balaban J connectivity index is 0.00000450. The van der Waals surface area contributed by atoms with Crippen molar-refractivity contribution in [1.29, 1.82) is 0 Å². The van der Waals surface area contributed by atoms with E-state index >= 15 is 0 Å². The second-order valence-electron chi connectivity index (χ2n) is 6.52. The summed E-state index contributed by atoms with van der Waals surface area (Å²) in [5, 5.41) is 6.52. The van der Waals surface area contributed by atoms with Crippen molar-refractivity contribution >= 4 is 41.5 Å². The molecule has 0 saturated heterocycles. The first kappa shape index (κ1) is 25.5. The van der Waals surface area contributed by atoms with Gasteiger partial charge in [-0.15, -0.1) is 24.0 Å². The van der Waals surface area contributed by atoms with E-state index in [1.807, 2.05) is 56.3 Å². The van der Waals surface area contributed by atoms with Crippen LogP contribution in [0.2, 0.25) is 0 Å². The van der Waals surface area contributed by atoms with E-state index < -0.39 is 0 Å². The molecule has 0 fully saturated rings. The van der Waals surface area contributed by atoms with Gasteiger partial charge in [0.15, 0.2) is 17.5 Å². The van der Waals surface area contributed by atoms with Crippen molar-refractivity contribution in [3.8, 4) is 11.5 Å². The minimum absolute atomic E-state index is 0. The van der Waals surface area contributed by atoms with Crippen LogP contribution in [-0.4, -0.2) is 51.1 Å². The summed E-state index contributed by atoms with van der Waals surface area (Å²) in [5.74, 6) is 2.01. The Morgan fingerprint density at radius 3 is 2.33 bits per heavy atom. The van der Waals surface area contributed by atoms with Crippen LogP contribution in [-0.2, 0) is 6.54 Å². The third-order valence-corrected chi connectivity index (χ3v) is 4.10. The van der Waals surface area contributed by atoms with Gasteiger partial charge in [0, 0.05) is 38.0 Å². The van der Waals surface area contributed by atoms with Gasteiger partial charge in [0.05, 0.1) is 20.3 Å². The van der Waals surface area contributed by atoms with Crippen LogP contribution in [0.4, 0.5) is 5.69 Å². The molecule has 8 heteroatoms. The van der Waals surface area contributed by atoms with Gasteiger partial charge < -0.3 is 25.0 Å². The van der Waals surface area contributed by atoms with Crippen LogP contribution < -0.4 is 20.1 Å². The number of anilines is 1. The van der Waals surface area contributed by atoms with Gasteiger partial charge in [0.2, 0.25) is 0 Å². The van der Waals surface area contributed by atoms with E-state index in [1.54, 1.807) is 26.1 Å². The highest BCUT2D eigenvalue weighted by Gasteiger charge is 2.08. The zero-order valence-electron chi connectivity index (χ0n) is 18.2. The van der Waals surface area contributed by atoms with Crippen LogP contribution in [0.5, 0.6) is 11.5 Å². The lowest BCUT2D eigenvalue weighted by Crippen LogP contribution is -2.30. The second kappa shape index (κ2) is 12.9. The van der Waals surface area contributed by atoms with Gasteiger partial charge in [-0.2, -0.15) is 0 Å². The number of nitrogens with zero attached hydrogens (tertiary/aromatic N) is 2. The Hall–Kier alpha value is -2.49. The lowest BCUT2D eigenvalue weighted by atomic mass is 10.1. The quantitative estimate of drug-likeness (QED) is 0.309. The molecule has 0 unspecified atom stereocenters. The van der Waals surface area contributed by atoms with Crippen molar-refractivity contribution in [2.24, 2.45) is 4.99 Å². The highest BCUT2D eigenvalue weighted by molar-refractivity contribution is 14.0. The molecule has 0 atom stereocenters. The number of amides is 1. The highest BCUT2D eigenvalue weighted by atomic mass is 127. The van der Waals surface area contributed by atoms with E-state index in [4.69, 9.17) is 9.47 Å². The average molecular weight is 526 g/mol. The number of rotatable bonds is 8. The number of carbonyl (C=O) groups is 1. The lowest BCUT2D eigenvalue weighted by Gasteiger charge is -2.14. The number of aliphatic imine (C=N–C) groups is 1. The molecule has 0 aliphatic carbocycles. The first-order valence-corrected chi connectivity index (χ1v) is 9.65. The van der Waals surface area contributed by atoms with Gasteiger partial charge in [-0.25, -0.2) is 4.99 Å². The predicted molar refractivity (Wildman–Crippen MR) is 132 cm³/mol. The summed E-state index contributed by atoms with van der Waals surface area (Å²) >= 11 is 0. The summed E-state index contributed by atoms with van der Waals surface area (Å²) in [4.78, 5) is 18.2. The number of hydrogen-bond acceptors (Lipinski definition) is 4. The summed E-state index contributed by atoms with van der Waals surface area (Å²) < 4.78 is 11.0. The van der Waals surface area contributed by atoms with Crippen LogP contribution >= 0.6 is 24.0 Å². The molecule has 0 saturated carbocycles. The fraction of sp³-hybridized carbons (Fsp3) is 0.364. The van der Waals surface area contributed by atoms with Crippen molar-refractivity contribution in [2.75, 3.05) is 39.7 Å². The van der Waals surface area contributed by atoms with Crippen LogP contribution in [0.3, 0.4) is 0 Å². The number of guanidine groups is 1. The molecule has 0 radical (unpaired) electrons. The molecular weight excluding hydrogens is 495 g/mol. The standard InChI is InChI=1S/C22H30N4O3.HI/c1-6-23-22(25-18-12-13-19(28-5)20(14-18)29-7-2)24-15-16-8-10-17(11-9-16)21(27)26(3)4;/h8-14H,6-7,15H2,1-5H3,(H2,23,24,25);1H. The maximum absolute atomic E-state index is 12.0. The Kier molecular flexibility index (Phi) is 11.0. The number of hydrogen-bond donors (Lipinski definition) is 2. The van der Waals surface area contributed by atoms with E-state index in [2.05, 4.69) is 15.6 Å². The van der Waals surface area contributed by atoms with Crippen molar-refractivity contribution in [1.82, 2.24) is 10.2 Å². The van der Waals surface area contributed by atoms with Crippen LogP contribution in [0.15, 0.2) is 47.5 Å². The molecule has 0 aromatic heterocycles. The van der Waals surface area contributed by atoms with Crippen molar-refractivity contribution in [3.63, 3.8) is 0 Å². The summed E-state index contributed by atoms with van der Waals surface area (Å²) in [6, 6.07) is 13.1. The number of benzene rings is 2. The van der Waals surface area contributed by atoms with Crippen molar-refractivity contribution in [3.05, 3.63) is 53.6 Å². The second-order valence-corrected chi connectivity index (χ2v) is 6.52. The summed E-state index contributed by atoms with van der Waals surface area (Å²) in [7, 11) is 5.10. The molecule has 30 heavy (non-hydrogen) atoms. The molecule has 164 valence electrons. The topological polar surface area (TPSA) is 75.2 Å². The largest absolute Gasteiger partial charge is 0.493 e. The number of carbonyl (C=O) groups excluding carboxylic acids is 1. The Bertz CT molecular complexity index is 839. The third kappa shape index (κ3) is 7.40. The summed E-state index contributed by atoms with van der Waals surface area (Å²) in [6.07, 6.45) is 0. The van der Waals surface area contributed by atoms with Crippen molar-refractivity contribution in [2.45, 2.75) is 20.4 Å². The van der Waals surface area contributed by atoms with Gasteiger partial charge in [0.1, 0.15) is 0 Å². The Morgan fingerprint density at radius 2 is 1.77 bits per heavy atom. The van der Waals surface area contributed by atoms with Gasteiger partial charge in [-0.05, 0) is 43.7 Å². The number of nitrogens with one attached hydrogen (secondary N) is 2. The molecule has 0 aliphatic rings. The smallest absolute Gasteiger partial charge is 0.253 e. The zero-order valence-corrected chi connectivity index (χ0v) is 20.5. The molecule has 2 N–H and O–H groups in total. The van der Waals surface area contributed by atoms with Gasteiger partial charge >= 0.3 is 0 Å². The number of ether oxygens (including phenoxy) is 2. The maximum atomic E-state index is 12.0. The fourth-order valence-electron chi connectivity index (χ4n) is 2.65. The van der Waals surface area contributed by atoms with E-state index in [-0.39, 0.29) is 29.9 Å². The van der Waals surface area contributed by atoms with E-state index in [0.717, 1.165) is 17.8 Å². The lowest BCUT2D eigenvalue weighted by molar-refractivity contribution is 0.0827.